The molecule has 1 aliphatic heterocycles. The number of phenolic OH excluding ortho intramolecular Hbond substituents is 1. The Morgan fingerprint density at radius 3 is 2.68 bits per heavy atom. The second-order valence-corrected chi connectivity index (χ2v) is 6.92. The molecule has 2 aromatic carbocycles. The number of hydrogen-bond donors (Lipinski definition) is 3. The molecule has 0 spiro atoms. The lowest BCUT2D eigenvalue weighted by Crippen LogP contribution is -2.32. The molecule has 142 valence electrons. The number of nitrogens with one attached hydrogen (secondary N) is 1. The van der Waals surface area contributed by atoms with E-state index < -0.39 is 17.7 Å². The van der Waals surface area contributed by atoms with Crippen LogP contribution in [0.25, 0.3) is 10.9 Å². The number of fused-ring (bicyclic) bond motifs is 1. The number of phenols is 1. The van der Waals surface area contributed by atoms with E-state index in [4.69, 9.17) is 0 Å². The van der Waals surface area contributed by atoms with Crippen molar-refractivity contribution in [2.24, 2.45) is 0 Å². The van der Waals surface area contributed by atoms with E-state index in [1.807, 2.05) is 30.5 Å². The van der Waals surface area contributed by atoms with Crippen molar-refractivity contribution in [2.45, 2.75) is 19.4 Å². The van der Waals surface area contributed by atoms with Gasteiger partial charge in [-0.05, 0) is 42.7 Å². The molecule has 3 N–H and O–H groups in total. The van der Waals surface area contributed by atoms with Gasteiger partial charge in [-0.15, -0.1) is 0 Å². The van der Waals surface area contributed by atoms with Gasteiger partial charge in [0.25, 0.3) is 5.91 Å². The molecule has 1 amide bonds. The van der Waals surface area contributed by atoms with E-state index in [1.54, 1.807) is 12.1 Å². The predicted molar refractivity (Wildman–Crippen MR) is 105 cm³/mol. The molecular weight excluding hydrogens is 356 g/mol. The maximum Gasteiger partial charge on any atom is 0.290 e. The minimum Gasteiger partial charge on any atom is -0.508 e. The van der Waals surface area contributed by atoms with Crippen molar-refractivity contribution in [2.75, 3.05) is 6.54 Å². The number of nitrogens with zero attached hydrogens (tertiary/aromatic N) is 1. The first-order chi connectivity index (χ1) is 13.5. The van der Waals surface area contributed by atoms with E-state index in [1.165, 1.54) is 24.0 Å². The maximum absolute atomic E-state index is 12.7. The minimum absolute atomic E-state index is 0.0378. The molecule has 6 heteroatoms. The fourth-order valence-corrected chi connectivity index (χ4v) is 3.86. The number of rotatable bonds is 5. The zero-order chi connectivity index (χ0) is 19.8. The smallest absolute Gasteiger partial charge is 0.290 e. The quantitative estimate of drug-likeness (QED) is 0.636. The molecule has 0 saturated carbocycles. The zero-order valence-electron chi connectivity index (χ0n) is 15.3. The van der Waals surface area contributed by atoms with E-state index in [9.17, 15) is 19.8 Å². The number of H-pyrrole nitrogens is 1. The van der Waals surface area contributed by atoms with Crippen LogP contribution in [0.1, 0.15) is 24.1 Å². The molecule has 1 aromatic heterocycles. The summed E-state index contributed by atoms with van der Waals surface area (Å²) >= 11 is 0. The second-order valence-electron chi connectivity index (χ2n) is 6.92. The second kappa shape index (κ2) is 6.88. The summed E-state index contributed by atoms with van der Waals surface area (Å²) in [6, 6.07) is 13.6. The summed E-state index contributed by atoms with van der Waals surface area (Å²) in [5.41, 5.74) is 2.71. The van der Waals surface area contributed by atoms with Crippen LogP contribution in [0, 0.1) is 0 Å². The van der Waals surface area contributed by atoms with Crippen LogP contribution in [0.3, 0.4) is 0 Å². The van der Waals surface area contributed by atoms with Gasteiger partial charge in [-0.3, -0.25) is 9.59 Å². The third-order valence-corrected chi connectivity index (χ3v) is 5.17. The van der Waals surface area contributed by atoms with E-state index in [0.717, 1.165) is 16.5 Å². The molecule has 0 fully saturated rings. The lowest BCUT2D eigenvalue weighted by atomic mass is 9.96. The number of Topliss-reactive ketones (excluding diaryl/α,β-unsaturated/α-hetero) is 1. The van der Waals surface area contributed by atoms with Crippen molar-refractivity contribution in [1.82, 2.24) is 9.88 Å². The summed E-state index contributed by atoms with van der Waals surface area (Å²) in [4.78, 5) is 29.6. The van der Waals surface area contributed by atoms with Crippen molar-refractivity contribution < 1.29 is 19.8 Å². The number of para-hydroxylation sites is 1. The summed E-state index contributed by atoms with van der Waals surface area (Å²) in [7, 11) is 0. The number of aromatic hydroxyl groups is 1. The molecule has 2 heterocycles. The molecule has 1 atom stereocenters. The Morgan fingerprint density at radius 2 is 1.93 bits per heavy atom. The van der Waals surface area contributed by atoms with Crippen molar-refractivity contribution in [1.29, 1.82) is 0 Å². The molecule has 0 bridgehead atoms. The highest BCUT2D eigenvalue weighted by atomic mass is 16.3. The number of benzene rings is 2. The lowest BCUT2D eigenvalue weighted by molar-refractivity contribution is -0.129. The van der Waals surface area contributed by atoms with Crippen LogP contribution >= 0.6 is 0 Å². The highest BCUT2D eigenvalue weighted by molar-refractivity contribution is 6.08. The van der Waals surface area contributed by atoms with Crippen molar-refractivity contribution in [3.05, 3.63) is 77.2 Å². The molecule has 0 saturated heterocycles. The number of ketones is 1. The largest absolute Gasteiger partial charge is 0.508 e. The molecule has 4 rings (SSSR count). The van der Waals surface area contributed by atoms with Crippen LogP contribution in [0.15, 0.2) is 66.1 Å². The Morgan fingerprint density at radius 1 is 1.14 bits per heavy atom. The molecular formula is C22H20N2O4. The molecule has 0 radical (unpaired) electrons. The lowest BCUT2D eigenvalue weighted by Gasteiger charge is -2.26. The molecule has 28 heavy (non-hydrogen) atoms. The van der Waals surface area contributed by atoms with E-state index >= 15 is 0 Å². The van der Waals surface area contributed by atoms with Gasteiger partial charge in [0.15, 0.2) is 11.5 Å². The minimum atomic E-state index is -0.720. The maximum atomic E-state index is 12.7. The Hall–Kier alpha value is -3.54. The number of aromatic amines is 1. The van der Waals surface area contributed by atoms with Crippen molar-refractivity contribution in [3.63, 3.8) is 0 Å². The first kappa shape index (κ1) is 17.9. The van der Waals surface area contributed by atoms with Gasteiger partial charge in [0.2, 0.25) is 0 Å². The predicted octanol–water partition coefficient (Wildman–Crippen LogP) is 3.40. The standard InChI is InChI=1S/C22H20N2O4/c1-13(25)19-20(14-5-4-6-16(26)11-14)24(22(28)21(19)27)10-9-15-12-23-18-8-3-2-7-17(15)18/h2-8,11-12,20,23,26-27H,9-10H2,1H3/t20-/m0/s1. The van der Waals surface area contributed by atoms with Gasteiger partial charge in [0.05, 0.1) is 11.6 Å². The van der Waals surface area contributed by atoms with Gasteiger partial charge >= 0.3 is 0 Å². The summed E-state index contributed by atoms with van der Waals surface area (Å²) in [5, 5.41) is 21.2. The molecule has 1 aliphatic rings. The van der Waals surface area contributed by atoms with Gasteiger partial charge in [-0.25, -0.2) is 0 Å². The van der Waals surface area contributed by atoms with Crippen LogP contribution in [0.5, 0.6) is 5.75 Å². The number of aliphatic hydroxyl groups is 1. The van der Waals surface area contributed by atoms with Gasteiger partial charge in [0, 0.05) is 23.6 Å². The summed E-state index contributed by atoms with van der Waals surface area (Å²) in [6.07, 6.45) is 2.47. The van der Waals surface area contributed by atoms with E-state index in [2.05, 4.69) is 4.98 Å². The van der Waals surface area contributed by atoms with Gasteiger partial charge in [0.1, 0.15) is 5.75 Å². The van der Waals surface area contributed by atoms with Crippen LogP contribution in [0.4, 0.5) is 0 Å². The zero-order valence-corrected chi connectivity index (χ0v) is 15.3. The number of carbonyl (C=O) groups is 2. The SMILES string of the molecule is CC(=O)C1=C(O)C(=O)N(CCc2c[nH]c3ccccc23)[C@H]1c1cccc(O)c1. The third-order valence-electron chi connectivity index (χ3n) is 5.17. The average Bonchev–Trinajstić information content (AvgIpc) is 3.19. The highest BCUT2D eigenvalue weighted by Gasteiger charge is 2.42. The number of carbonyl (C=O) groups excluding carboxylic acids is 2. The van der Waals surface area contributed by atoms with Crippen LogP contribution in [0.2, 0.25) is 0 Å². The van der Waals surface area contributed by atoms with Crippen molar-refractivity contribution in [3.8, 4) is 5.75 Å². The first-order valence-corrected chi connectivity index (χ1v) is 9.06. The Kier molecular flexibility index (Phi) is 4.39. The fraction of sp³-hybridized carbons (Fsp3) is 0.182. The topological polar surface area (TPSA) is 93.6 Å². The Balaban J connectivity index is 1.68. The normalized spacial score (nSPS) is 17.0. The molecule has 0 aliphatic carbocycles. The number of aromatic nitrogens is 1. The summed E-state index contributed by atoms with van der Waals surface area (Å²) in [5.74, 6) is -1.41. The van der Waals surface area contributed by atoms with Crippen molar-refractivity contribution >= 4 is 22.6 Å². The average molecular weight is 376 g/mol. The molecule has 3 aromatic rings. The number of amides is 1. The molecule has 0 unspecified atom stereocenters. The van der Waals surface area contributed by atoms with Crippen LogP contribution < -0.4 is 0 Å². The molecule has 6 nitrogen and oxygen atoms in total. The summed E-state index contributed by atoms with van der Waals surface area (Å²) in [6.45, 7) is 1.65. The Labute approximate surface area is 161 Å². The number of hydrogen-bond acceptors (Lipinski definition) is 4. The summed E-state index contributed by atoms with van der Waals surface area (Å²) < 4.78 is 0. The highest BCUT2D eigenvalue weighted by Crippen LogP contribution is 2.38. The Bertz CT molecular complexity index is 1110. The van der Waals surface area contributed by atoms with E-state index in [0.29, 0.717) is 18.5 Å². The van der Waals surface area contributed by atoms with E-state index in [-0.39, 0.29) is 17.1 Å². The van der Waals surface area contributed by atoms with Crippen LogP contribution in [-0.2, 0) is 16.0 Å². The first-order valence-electron chi connectivity index (χ1n) is 9.06. The number of aliphatic hydroxyl groups excluding tert-OH is 1. The fourth-order valence-electron chi connectivity index (χ4n) is 3.86. The third kappa shape index (κ3) is 2.93. The van der Waals surface area contributed by atoms with Gasteiger partial charge in [-0.1, -0.05) is 30.3 Å². The van der Waals surface area contributed by atoms with Gasteiger partial charge in [-0.2, -0.15) is 0 Å². The monoisotopic (exact) mass is 376 g/mol. The van der Waals surface area contributed by atoms with Gasteiger partial charge < -0.3 is 20.1 Å². The van der Waals surface area contributed by atoms with Crippen LogP contribution in [-0.4, -0.2) is 38.3 Å².